The van der Waals surface area contributed by atoms with Crippen molar-refractivity contribution in [3.8, 4) is 5.75 Å². The minimum Gasteiger partial charge on any atom is -0.428 e. The highest BCUT2D eigenvalue weighted by molar-refractivity contribution is 5.85. The first-order chi connectivity index (χ1) is 8.86. The summed E-state index contributed by atoms with van der Waals surface area (Å²) in [5.41, 5.74) is 6.25. The Morgan fingerprint density at radius 2 is 1.95 bits per heavy atom. The van der Waals surface area contributed by atoms with Crippen LogP contribution in [-0.2, 0) is 0 Å². The Morgan fingerprint density at radius 1 is 1.30 bits per heavy atom. The summed E-state index contributed by atoms with van der Waals surface area (Å²) in [7, 11) is 0. The first-order valence-corrected chi connectivity index (χ1v) is 5.68. The highest BCUT2D eigenvalue weighted by Gasteiger charge is 2.43. The molecular formula is C12H16ClF4NO2. The summed E-state index contributed by atoms with van der Waals surface area (Å²) < 4.78 is 53.4. The molecule has 116 valence electrons. The van der Waals surface area contributed by atoms with Crippen LogP contribution in [0.5, 0.6) is 5.75 Å². The van der Waals surface area contributed by atoms with E-state index in [1.807, 2.05) is 0 Å². The maximum absolute atomic E-state index is 12.7. The molecule has 3 N–H and O–H groups in total. The van der Waals surface area contributed by atoms with Gasteiger partial charge in [-0.25, -0.2) is 0 Å². The van der Waals surface area contributed by atoms with Crippen molar-refractivity contribution in [2.24, 2.45) is 5.73 Å². The zero-order valence-corrected chi connectivity index (χ0v) is 11.3. The lowest BCUT2D eigenvalue weighted by molar-refractivity contribution is -0.253. The number of aliphatic hydroxyl groups is 1. The van der Waals surface area contributed by atoms with Crippen LogP contribution in [0.1, 0.15) is 24.4 Å². The molecule has 0 aromatic heterocycles. The van der Waals surface area contributed by atoms with Gasteiger partial charge in [0.25, 0.3) is 0 Å². The summed E-state index contributed by atoms with van der Waals surface area (Å²) in [6.07, 6.45) is -7.53. The van der Waals surface area contributed by atoms with Gasteiger partial charge in [-0.2, -0.15) is 17.6 Å². The molecule has 0 fully saturated rings. The van der Waals surface area contributed by atoms with Crippen molar-refractivity contribution in [3.63, 3.8) is 0 Å². The fourth-order valence-electron chi connectivity index (χ4n) is 1.49. The van der Waals surface area contributed by atoms with Crippen LogP contribution >= 0.6 is 12.4 Å². The van der Waals surface area contributed by atoms with E-state index in [1.165, 1.54) is 12.1 Å². The highest BCUT2D eigenvalue weighted by atomic mass is 35.5. The van der Waals surface area contributed by atoms with Gasteiger partial charge in [-0.15, -0.1) is 12.4 Å². The standard InChI is InChI=1S/C12H15F4NO2.ClH/c13-11(14)12(15,16)19-9-4-1-3-8(7-9)10(17)5-2-6-18;/h1,3-4,7,10-11,18H,2,5-6,17H2;1H/t10-;/m1./s1. The number of alkyl halides is 4. The molecule has 0 heterocycles. The topological polar surface area (TPSA) is 55.5 Å². The maximum Gasteiger partial charge on any atom is 0.461 e. The summed E-state index contributed by atoms with van der Waals surface area (Å²) in [5, 5.41) is 8.67. The van der Waals surface area contributed by atoms with E-state index < -0.39 is 18.6 Å². The molecule has 0 radical (unpaired) electrons. The maximum atomic E-state index is 12.7. The van der Waals surface area contributed by atoms with Crippen LogP contribution < -0.4 is 10.5 Å². The monoisotopic (exact) mass is 317 g/mol. The first-order valence-electron chi connectivity index (χ1n) is 5.68. The number of aliphatic hydroxyl groups excluding tert-OH is 1. The molecule has 3 nitrogen and oxygen atoms in total. The molecule has 0 spiro atoms. The zero-order valence-electron chi connectivity index (χ0n) is 10.4. The van der Waals surface area contributed by atoms with Gasteiger partial charge in [-0.3, -0.25) is 0 Å². The van der Waals surface area contributed by atoms with Crippen LogP contribution in [0.4, 0.5) is 17.6 Å². The predicted octanol–water partition coefficient (Wildman–Crippen LogP) is 3.12. The molecule has 1 aromatic rings. The van der Waals surface area contributed by atoms with Crippen LogP contribution in [0.2, 0.25) is 0 Å². The van der Waals surface area contributed by atoms with E-state index in [1.54, 1.807) is 6.07 Å². The Kier molecular flexibility index (Phi) is 7.85. The average molecular weight is 318 g/mol. The summed E-state index contributed by atoms with van der Waals surface area (Å²) in [5.74, 6) is -0.373. The van der Waals surface area contributed by atoms with Crippen molar-refractivity contribution >= 4 is 12.4 Å². The Balaban J connectivity index is 0.00000361. The first kappa shape index (κ1) is 18.9. The molecule has 1 rings (SSSR count). The van der Waals surface area contributed by atoms with Crippen molar-refractivity contribution in [1.82, 2.24) is 0 Å². The van der Waals surface area contributed by atoms with Crippen molar-refractivity contribution in [2.45, 2.75) is 31.4 Å². The van der Waals surface area contributed by atoms with E-state index in [9.17, 15) is 17.6 Å². The summed E-state index contributed by atoms with van der Waals surface area (Å²) >= 11 is 0. The van der Waals surface area contributed by atoms with Crippen molar-refractivity contribution in [2.75, 3.05) is 6.61 Å². The number of rotatable bonds is 7. The van der Waals surface area contributed by atoms with E-state index in [-0.39, 0.29) is 24.8 Å². The molecule has 0 saturated carbocycles. The third-order valence-electron chi connectivity index (χ3n) is 2.47. The number of ether oxygens (including phenoxy) is 1. The smallest absolute Gasteiger partial charge is 0.428 e. The van der Waals surface area contributed by atoms with Crippen LogP contribution in [-0.4, -0.2) is 24.2 Å². The molecular weight excluding hydrogens is 302 g/mol. The van der Waals surface area contributed by atoms with Gasteiger partial charge >= 0.3 is 12.5 Å². The van der Waals surface area contributed by atoms with E-state index in [0.29, 0.717) is 18.4 Å². The second-order valence-corrected chi connectivity index (χ2v) is 4.01. The van der Waals surface area contributed by atoms with Crippen molar-refractivity contribution in [3.05, 3.63) is 29.8 Å². The van der Waals surface area contributed by atoms with Gasteiger partial charge < -0.3 is 15.6 Å². The van der Waals surface area contributed by atoms with Gasteiger partial charge in [0.15, 0.2) is 0 Å². The van der Waals surface area contributed by atoms with Gasteiger partial charge in [-0.05, 0) is 30.5 Å². The molecule has 0 saturated heterocycles. The van der Waals surface area contributed by atoms with E-state index >= 15 is 0 Å². The molecule has 0 unspecified atom stereocenters. The number of benzene rings is 1. The van der Waals surface area contributed by atoms with E-state index in [2.05, 4.69) is 4.74 Å². The second-order valence-electron chi connectivity index (χ2n) is 4.01. The van der Waals surface area contributed by atoms with Crippen molar-refractivity contribution in [1.29, 1.82) is 0 Å². The molecule has 0 aliphatic rings. The largest absolute Gasteiger partial charge is 0.461 e. The molecule has 0 bridgehead atoms. The normalized spacial score (nSPS) is 12.9. The van der Waals surface area contributed by atoms with Gasteiger partial charge in [-0.1, -0.05) is 12.1 Å². The van der Waals surface area contributed by atoms with Gasteiger partial charge in [0, 0.05) is 12.6 Å². The van der Waals surface area contributed by atoms with E-state index in [4.69, 9.17) is 10.8 Å². The van der Waals surface area contributed by atoms with Crippen molar-refractivity contribution < 1.29 is 27.4 Å². The summed E-state index contributed by atoms with van der Waals surface area (Å²) in [6, 6.07) is 4.84. The Hall–Kier alpha value is -1.05. The van der Waals surface area contributed by atoms with Crippen LogP contribution in [0, 0.1) is 0 Å². The van der Waals surface area contributed by atoms with Crippen LogP contribution in [0.15, 0.2) is 24.3 Å². The molecule has 0 aliphatic heterocycles. The third kappa shape index (κ3) is 5.52. The average Bonchev–Trinajstić information content (AvgIpc) is 2.35. The Labute approximate surface area is 120 Å². The molecule has 20 heavy (non-hydrogen) atoms. The number of hydrogen-bond acceptors (Lipinski definition) is 3. The summed E-state index contributed by atoms with van der Waals surface area (Å²) in [6.45, 7) is -0.0344. The number of hydrogen-bond donors (Lipinski definition) is 2. The van der Waals surface area contributed by atoms with Gasteiger partial charge in [0.1, 0.15) is 5.75 Å². The third-order valence-corrected chi connectivity index (χ3v) is 2.47. The fraction of sp³-hybridized carbons (Fsp3) is 0.500. The van der Waals surface area contributed by atoms with Gasteiger partial charge in [0.2, 0.25) is 0 Å². The minimum atomic E-state index is -4.53. The predicted molar refractivity (Wildman–Crippen MR) is 68.5 cm³/mol. The molecule has 0 aliphatic carbocycles. The second kappa shape index (κ2) is 8.28. The minimum absolute atomic E-state index is 0. The molecule has 1 atom stereocenters. The SMILES string of the molecule is Cl.N[C@H](CCCO)c1cccc(OC(F)(F)C(F)F)c1. The Morgan fingerprint density at radius 3 is 2.50 bits per heavy atom. The lowest BCUT2D eigenvalue weighted by Crippen LogP contribution is -2.33. The molecule has 1 aromatic carbocycles. The summed E-state index contributed by atoms with van der Waals surface area (Å²) in [4.78, 5) is 0. The number of halogens is 5. The van der Waals surface area contributed by atoms with Gasteiger partial charge in [0.05, 0.1) is 0 Å². The molecule has 8 heteroatoms. The highest BCUT2D eigenvalue weighted by Crippen LogP contribution is 2.29. The lowest BCUT2D eigenvalue weighted by Gasteiger charge is -2.18. The molecule has 0 amide bonds. The quantitative estimate of drug-likeness (QED) is 0.760. The lowest BCUT2D eigenvalue weighted by atomic mass is 10.0. The van der Waals surface area contributed by atoms with Crippen LogP contribution in [0.3, 0.4) is 0 Å². The zero-order chi connectivity index (χ0) is 14.5. The fourth-order valence-corrected chi connectivity index (χ4v) is 1.49. The number of nitrogens with two attached hydrogens (primary N) is 1. The van der Waals surface area contributed by atoms with E-state index in [0.717, 1.165) is 6.07 Å². The van der Waals surface area contributed by atoms with Crippen LogP contribution in [0.25, 0.3) is 0 Å². The Bertz CT molecular complexity index is 407.